The monoisotopic (exact) mass is 251 g/mol. The highest BCUT2D eigenvalue weighted by molar-refractivity contribution is 5.66. The molecule has 5 nitrogen and oxygen atoms in total. The van der Waals surface area contributed by atoms with E-state index in [2.05, 4.69) is 15.1 Å². The Bertz CT molecular complexity index is 657. The highest BCUT2D eigenvalue weighted by Gasteiger charge is 2.04. The number of anilines is 1. The number of nitrogen functional groups attached to an aromatic ring is 1. The Kier molecular flexibility index (Phi) is 2.72. The third kappa shape index (κ3) is 2.30. The van der Waals surface area contributed by atoms with Gasteiger partial charge in [-0.2, -0.15) is 5.10 Å². The molecule has 0 saturated carbocycles. The summed E-state index contributed by atoms with van der Waals surface area (Å²) in [7, 11) is 0. The van der Waals surface area contributed by atoms with Gasteiger partial charge < -0.3 is 5.73 Å². The number of hydrogen-bond donors (Lipinski definition) is 1. The predicted molar refractivity (Wildman–Crippen MR) is 73.7 cm³/mol. The summed E-state index contributed by atoms with van der Waals surface area (Å²) >= 11 is 0. The average Bonchev–Trinajstić information content (AvgIpc) is 2.88. The summed E-state index contributed by atoms with van der Waals surface area (Å²) in [5.41, 5.74) is 8.57. The molecule has 2 heterocycles. The van der Waals surface area contributed by atoms with E-state index >= 15 is 0 Å². The van der Waals surface area contributed by atoms with Crippen molar-refractivity contribution in [2.45, 2.75) is 6.92 Å². The summed E-state index contributed by atoms with van der Waals surface area (Å²) in [6.45, 7) is 1.85. The van der Waals surface area contributed by atoms with Crippen molar-refractivity contribution in [3.63, 3.8) is 0 Å². The molecule has 2 aromatic heterocycles. The van der Waals surface area contributed by atoms with Crippen LogP contribution in [0, 0.1) is 6.92 Å². The number of aryl methyl sites for hydroxylation is 1. The van der Waals surface area contributed by atoms with Crippen LogP contribution in [-0.2, 0) is 0 Å². The van der Waals surface area contributed by atoms with Crippen LogP contribution in [0.4, 0.5) is 5.69 Å². The van der Waals surface area contributed by atoms with Crippen molar-refractivity contribution < 1.29 is 0 Å². The fourth-order valence-electron chi connectivity index (χ4n) is 1.89. The second-order valence-corrected chi connectivity index (χ2v) is 4.26. The van der Waals surface area contributed by atoms with Crippen LogP contribution in [0.25, 0.3) is 16.9 Å². The van der Waals surface area contributed by atoms with Gasteiger partial charge in [-0.05, 0) is 24.6 Å². The minimum Gasteiger partial charge on any atom is -0.399 e. The molecule has 3 aromatic rings. The fourth-order valence-corrected chi connectivity index (χ4v) is 1.89. The zero-order valence-electron chi connectivity index (χ0n) is 10.5. The van der Waals surface area contributed by atoms with E-state index in [1.165, 1.54) is 0 Å². The van der Waals surface area contributed by atoms with Crippen LogP contribution in [0.2, 0.25) is 0 Å². The summed E-state index contributed by atoms with van der Waals surface area (Å²) in [6, 6.07) is 9.54. The minimum atomic E-state index is 0.721. The van der Waals surface area contributed by atoms with Crippen LogP contribution in [0.15, 0.2) is 48.9 Å². The smallest absolute Gasteiger partial charge is 0.156 e. The van der Waals surface area contributed by atoms with Crippen molar-refractivity contribution in [3.8, 4) is 16.9 Å². The van der Waals surface area contributed by atoms with Gasteiger partial charge in [-0.25, -0.2) is 14.6 Å². The molecule has 19 heavy (non-hydrogen) atoms. The number of rotatable bonds is 2. The van der Waals surface area contributed by atoms with Gasteiger partial charge in [0.25, 0.3) is 0 Å². The van der Waals surface area contributed by atoms with Crippen molar-refractivity contribution in [1.29, 1.82) is 0 Å². The Balaban J connectivity index is 2.00. The van der Waals surface area contributed by atoms with Gasteiger partial charge in [-0.1, -0.05) is 12.1 Å². The minimum absolute atomic E-state index is 0.721. The van der Waals surface area contributed by atoms with Crippen molar-refractivity contribution in [3.05, 3.63) is 54.7 Å². The molecule has 0 unspecified atom stereocenters. The van der Waals surface area contributed by atoms with E-state index in [1.54, 1.807) is 17.1 Å². The molecule has 0 aliphatic rings. The molecular weight excluding hydrogens is 238 g/mol. The number of nitrogens with two attached hydrogens (primary N) is 1. The van der Waals surface area contributed by atoms with Crippen LogP contribution >= 0.6 is 0 Å². The molecule has 0 spiro atoms. The number of hydrogen-bond acceptors (Lipinski definition) is 4. The lowest BCUT2D eigenvalue weighted by Gasteiger charge is -2.00. The second kappa shape index (κ2) is 4.53. The number of aromatic nitrogens is 4. The lowest BCUT2D eigenvalue weighted by Crippen LogP contribution is -1.99. The first-order valence-electron chi connectivity index (χ1n) is 5.93. The number of nitrogens with zero attached hydrogens (tertiary/aromatic N) is 4. The van der Waals surface area contributed by atoms with E-state index < -0.39 is 0 Å². The summed E-state index contributed by atoms with van der Waals surface area (Å²) in [4.78, 5) is 8.41. The van der Waals surface area contributed by atoms with Crippen LogP contribution < -0.4 is 5.73 Å². The molecule has 5 heteroatoms. The molecule has 0 atom stereocenters. The quantitative estimate of drug-likeness (QED) is 0.709. The van der Waals surface area contributed by atoms with Crippen LogP contribution in [0.1, 0.15) is 5.82 Å². The maximum atomic E-state index is 5.79. The molecule has 0 aliphatic carbocycles. The molecule has 94 valence electrons. The molecule has 0 amide bonds. The highest BCUT2D eigenvalue weighted by atomic mass is 15.3. The Hall–Kier alpha value is -2.69. The third-order valence-corrected chi connectivity index (χ3v) is 2.80. The van der Waals surface area contributed by atoms with E-state index in [0.717, 1.165) is 28.5 Å². The molecule has 0 fully saturated rings. The first-order chi connectivity index (χ1) is 9.22. The Labute approximate surface area is 110 Å². The topological polar surface area (TPSA) is 69.6 Å². The Morgan fingerprint density at radius 1 is 1.16 bits per heavy atom. The molecule has 3 rings (SSSR count). The van der Waals surface area contributed by atoms with Gasteiger partial charge in [-0.15, -0.1) is 0 Å². The number of benzene rings is 1. The van der Waals surface area contributed by atoms with Gasteiger partial charge >= 0.3 is 0 Å². The highest BCUT2D eigenvalue weighted by Crippen LogP contribution is 2.21. The maximum Gasteiger partial charge on any atom is 0.156 e. The summed E-state index contributed by atoms with van der Waals surface area (Å²) in [5, 5.41) is 4.32. The van der Waals surface area contributed by atoms with E-state index in [1.807, 2.05) is 43.5 Å². The molecular formula is C14H13N5. The summed E-state index contributed by atoms with van der Waals surface area (Å²) in [6.07, 6.45) is 5.45. The average molecular weight is 251 g/mol. The first-order valence-corrected chi connectivity index (χ1v) is 5.93. The lowest BCUT2D eigenvalue weighted by molar-refractivity contribution is 0.828. The van der Waals surface area contributed by atoms with Gasteiger partial charge in [0.1, 0.15) is 5.82 Å². The summed E-state index contributed by atoms with van der Waals surface area (Å²) in [5.74, 6) is 1.47. The van der Waals surface area contributed by atoms with Gasteiger partial charge in [0, 0.05) is 29.7 Å². The van der Waals surface area contributed by atoms with Crippen molar-refractivity contribution in [2.75, 3.05) is 5.73 Å². The summed E-state index contributed by atoms with van der Waals surface area (Å²) < 4.78 is 1.73. The van der Waals surface area contributed by atoms with Gasteiger partial charge in [0.2, 0.25) is 0 Å². The Morgan fingerprint density at radius 3 is 2.84 bits per heavy atom. The van der Waals surface area contributed by atoms with Crippen molar-refractivity contribution in [2.24, 2.45) is 0 Å². The second-order valence-electron chi connectivity index (χ2n) is 4.26. The third-order valence-electron chi connectivity index (χ3n) is 2.80. The van der Waals surface area contributed by atoms with E-state index in [9.17, 15) is 0 Å². The van der Waals surface area contributed by atoms with Crippen LogP contribution in [-0.4, -0.2) is 19.7 Å². The molecule has 0 saturated heterocycles. The van der Waals surface area contributed by atoms with Crippen molar-refractivity contribution >= 4 is 5.69 Å². The molecule has 0 bridgehead atoms. The van der Waals surface area contributed by atoms with Crippen molar-refractivity contribution in [1.82, 2.24) is 19.7 Å². The van der Waals surface area contributed by atoms with E-state index in [0.29, 0.717) is 0 Å². The zero-order valence-corrected chi connectivity index (χ0v) is 10.5. The van der Waals surface area contributed by atoms with Gasteiger partial charge in [0.15, 0.2) is 5.82 Å². The standard InChI is InChI=1S/C14H13N5/c1-10-16-6-5-14(18-10)19-9-12(8-17-19)11-3-2-4-13(15)7-11/h2-9H,15H2,1H3. The maximum absolute atomic E-state index is 5.79. The predicted octanol–water partition coefficient (Wildman–Crippen LogP) is 2.22. The first kappa shape index (κ1) is 11.4. The zero-order chi connectivity index (χ0) is 13.2. The normalized spacial score (nSPS) is 10.6. The fraction of sp³-hybridized carbons (Fsp3) is 0.0714. The Morgan fingerprint density at radius 2 is 2.05 bits per heavy atom. The molecule has 0 aliphatic heterocycles. The largest absolute Gasteiger partial charge is 0.399 e. The lowest BCUT2D eigenvalue weighted by atomic mass is 10.1. The molecule has 2 N–H and O–H groups in total. The van der Waals surface area contributed by atoms with Gasteiger partial charge in [-0.3, -0.25) is 0 Å². The van der Waals surface area contributed by atoms with E-state index in [4.69, 9.17) is 5.73 Å². The SMILES string of the molecule is Cc1nccc(-n2cc(-c3cccc(N)c3)cn2)n1. The van der Waals surface area contributed by atoms with Gasteiger partial charge in [0.05, 0.1) is 6.20 Å². The molecule has 1 aromatic carbocycles. The van der Waals surface area contributed by atoms with Crippen LogP contribution in [0.5, 0.6) is 0 Å². The van der Waals surface area contributed by atoms with Crippen LogP contribution in [0.3, 0.4) is 0 Å². The van der Waals surface area contributed by atoms with E-state index in [-0.39, 0.29) is 0 Å². The molecule has 0 radical (unpaired) electrons.